The molecule has 0 N–H and O–H groups in total. The SMILES string of the molecule is COc1ccc(OC)c([C@H]2CN(C(=O)c3ccc(F)cc3)C[C@H]2C(=O)N2CCCC2)c1. The van der Waals surface area contributed by atoms with Crippen LogP contribution in [0.2, 0.25) is 0 Å². The normalized spacial score (nSPS) is 20.7. The lowest BCUT2D eigenvalue weighted by Crippen LogP contribution is -2.37. The number of nitrogens with zero attached hydrogens (tertiary/aromatic N) is 2. The Kier molecular flexibility index (Phi) is 6.11. The van der Waals surface area contributed by atoms with Gasteiger partial charge < -0.3 is 19.3 Å². The zero-order valence-electron chi connectivity index (χ0n) is 17.8. The first-order valence-electron chi connectivity index (χ1n) is 10.6. The smallest absolute Gasteiger partial charge is 0.253 e. The summed E-state index contributed by atoms with van der Waals surface area (Å²) in [5, 5.41) is 0. The van der Waals surface area contributed by atoms with Crippen LogP contribution in [0.15, 0.2) is 42.5 Å². The van der Waals surface area contributed by atoms with Crippen molar-refractivity contribution in [2.24, 2.45) is 5.92 Å². The van der Waals surface area contributed by atoms with E-state index in [1.807, 2.05) is 23.1 Å². The molecule has 0 saturated carbocycles. The third kappa shape index (κ3) is 4.22. The minimum atomic E-state index is -0.390. The van der Waals surface area contributed by atoms with Gasteiger partial charge in [0.15, 0.2) is 0 Å². The molecule has 0 unspecified atom stereocenters. The van der Waals surface area contributed by atoms with Gasteiger partial charge in [0.25, 0.3) is 5.91 Å². The quantitative estimate of drug-likeness (QED) is 0.736. The van der Waals surface area contributed by atoms with Crippen LogP contribution in [0.3, 0.4) is 0 Å². The van der Waals surface area contributed by atoms with E-state index in [1.165, 1.54) is 24.3 Å². The predicted octanol–water partition coefficient (Wildman–Crippen LogP) is 3.32. The second kappa shape index (κ2) is 8.96. The van der Waals surface area contributed by atoms with Crippen molar-refractivity contribution in [3.05, 3.63) is 59.4 Å². The fraction of sp³-hybridized carbons (Fsp3) is 0.417. The molecule has 2 aliphatic rings. The molecule has 6 nitrogen and oxygen atoms in total. The number of likely N-dealkylation sites (tertiary alicyclic amines) is 2. The van der Waals surface area contributed by atoms with Crippen LogP contribution in [-0.2, 0) is 4.79 Å². The number of rotatable bonds is 5. The Hall–Kier alpha value is -3.09. The van der Waals surface area contributed by atoms with Gasteiger partial charge in [-0.05, 0) is 55.3 Å². The van der Waals surface area contributed by atoms with Gasteiger partial charge in [-0.15, -0.1) is 0 Å². The Bertz CT molecular complexity index is 957. The van der Waals surface area contributed by atoms with Crippen molar-refractivity contribution >= 4 is 11.8 Å². The Morgan fingerprint density at radius 1 is 0.935 bits per heavy atom. The van der Waals surface area contributed by atoms with Crippen molar-refractivity contribution in [2.75, 3.05) is 40.4 Å². The second-order valence-electron chi connectivity index (χ2n) is 8.07. The summed E-state index contributed by atoms with van der Waals surface area (Å²) >= 11 is 0. The van der Waals surface area contributed by atoms with Crippen molar-refractivity contribution in [3.63, 3.8) is 0 Å². The van der Waals surface area contributed by atoms with Gasteiger partial charge in [0.2, 0.25) is 5.91 Å². The summed E-state index contributed by atoms with van der Waals surface area (Å²) in [5.41, 5.74) is 1.26. The Morgan fingerprint density at radius 2 is 1.65 bits per heavy atom. The highest BCUT2D eigenvalue weighted by atomic mass is 19.1. The van der Waals surface area contributed by atoms with Gasteiger partial charge in [-0.3, -0.25) is 9.59 Å². The molecule has 2 saturated heterocycles. The molecule has 2 atom stereocenters. The van der Waals surface area contributed by atoms with Gasteiger partial charge in [-0.2, -0.15) is 0 Å². The molecular weight excluding hydrogens is 399 g/mol. The summed E-state index contributed by atoms with van der Waals surface area (Å²) in [5.74, 6) is 0.225. The number of halogens is 1. The molecule has 0 spiro atoms. The van der Waals surface area contributed by atoms with Gasteiger partial charge >= 0.3 is 0 Å². The standard InChI is InChI=1S/C24H27FN2O4/c1-30-18-9-10-22(31-2)19(13-18)20-14-27(23(28)16-5-7-17(25)8-6-16)15-21(20)24(29)26-11-3-4-12-26/h5-10,13,20-21H,3-4,11-12,14-15H2,1-2H3/t20-,21-/m1/s1. The lowest BCUT2D eigenvalue weighted by Gasteiger charge is -2.25. The first kappa shape index (κ1) is 21.2. The maximum Gasteiger partial charge on any atom is 0.253 e. The Labute approximate surface area is 181 Å². The first-order valence-corrected chi connectivity index (χ1v) is 10.6. The lowest BCUT2D eigenvalue weighted by atomic mass is 9.87. The van der Waals surface area contributed by atoms with Crippen LogP contribution in [0.25, 0.3) is 0 Å². The zero-order chi connectivity index (χ0) is 22.0. The van der Waals surface area contributed by atoms with Crippen LogP contribution >= 0.6 is 0 Å². The van der Waals surface area contributed by atoms with E-state index in [-0.39, 0.29) is 29.5 Å². The minimum absolute atomic E-state index is 0.0711. The maximum absolute atomic E-state index is 13.4. The summed E-state index contributed by atoms with van der Waals surface area (Å²) in [7, 11) is 3.19. The summed E-state index contributed by atoms with van der Waals surface area (Å²) in [6, 6.07) is 11.0. The number of hydrogen-bond donors (Lipinski definition) is 0. The highest BCUT2D eigenvalue weighted by Crippen LogP contribution is 2.41. The highest BCUT2D eigenvalue weighted by Gasteiger charge is 2.43. The highest BCUT2D eigenvalue weighted by molar-refractivity contribution is 5.95. The van der Waals surface area contributed by atoms with Crippen molar-refractivity contribution in [1.29, 1.82) is 0 Å². The summed E-state index contributed by atoms with van der Waals surface area (Å²) < 4.78 is 24.3. The third-order valence-corrected chi connectivity index (χ3v) is 6.27. The molecule has 0 bridgehead atoms. The number of hydrogen-bond acceptors (Lipinski definition) is 4. The van der Waals surface area contributed by atoms with E-state index in [0.717, 1.165) is 31.5 Å². The van der Waals surface area contributed by atoms with Crippen molar-refractivity contribution in [2.45, 2.75) is 18.8 Å². The molecule has 2 aromatic carbocycles. The fourth-order valence-corrected chi connectivity index (χ4v) is 4.61. The molecule has 2 fully saturated rings. The fourth-order valence-electron chi connectivity index (χ4n) is 4.61. The predicted molar refractivity (Wildman–Crippen MR) is 114 cm³/mol. The van der Waals surface area contributed by atoms with E-state index < -0.39 is 0 Å². The summed E-state index contributed by atoms with van der Waals surface area (Å²) in [4.78, 5) is 30.1. The number of carbonyl (C=O) groups is 2. The molecule has 164 valence electrons. The molecule has 0 radical (unpaired) electrons. The largest absolute Gasteiger partial charge is 0.497 e. The molecule has 7 heteroatoms. The monoisotopic (exact) mass is 426 g/mol. The van der Waals surface area contributed by atoms with Gasteiger partial charge in [-0.1, -0.05) is 0 Å². The van der Waals surface area contributed by atoms with E-state index in [4.69, 9.17) is 9.47 Å². The average molecular weight is 426 g/mol. The van der Waals surface area contributed by atoms with E-state index in [2.05, 4.69) is 0 Å². The molecule has 2 aromatic rings. The van der Waals surface area contributed by atoms with Crippen LogP contribution in [0, 0.1) is 11.7 Å². The van der Waals surface area contributed by atoms with Gasteiger partial charge in [0.1, 0.15) is 17.3 Å². The number of benzene rings is 2. The van der Waals surface area contributed by atoms with Crippen LogP contribution in [0.5, 0.6) is 11.5 Å². The van der Waals surface area contributed by atoms with E-state index in [1.54, 1.807) is 19.1 Å². The molecule has 2 amide bonds. The Morgan fingerprint density at radius 3 is 2.29 bits per heavy atom. The van der Waals surface area contributed by atoms with Gasteiger partial charge in [0.05, 0.1) is 20.1 Å². The third-order valence-electron chi connectivity index (χ3n) is 6.27. The molecule has 0 aliphatic carbocycles. The van der Waals surface area contributed by atoms with Crippen LogP contribution in [-0.4, -0.2) is 62.0 Å². The minimum Gasteiger partial charge on any atom is -0.497 e. The molecule has 2 heterocycles. The molecule has 31 heavy (non-hydrogen) atoms. The lowest BCUT2D eigenvalue weighted by molar-refractivity contribution is -0.134. The molecule has 2 aliphatic heterocycles. The van der Waals surface area contributed by atoms with Crippen molar-refractivity contribution < 1.29 is 23.5 Å². The number of amides is 2. The Balaban J connectivity index is 1.68. The topological polar surface area (TPSA) is 59.1 Å². The van der Waals surface area contributed by atoms with Crippen molar-refractivity contribution in [1.82, 2.24) is 9.80 Å². The molecular formula is C24H27FN2O4. The van der Waals surface area contributed by atoms with Gasteiger partial charge in [0, 0.05) is 43.2 Å². The summed E-state index contributed by atoms with van der Waals surface area (Å²) in [6.07, 6.45) is 2.01. The molecule has 4 rings (SSSR count). The molecule has 0 aromatic heterocycles. The second-order valence-corrected chi connectivity index (χ2v) is 8.07. The van der Waals surface area contributed by atoms with Crippen molar-refractivity contribution in [3.8, 4) is 11.5 Å². The van der Waals surface area contributed by atoms with Crippen LogP contribution < -0.4 is 9.47 Å². The van der Waals surface area contributed by atoms with Crippen LogP contribution in [0.1, 0.15) is 34.7 Å². The number of ether oxygens (including phenoxy) is 2. The van der Waals surface area contributed by atoms with E-state index in [9.17, 15) is 14.0 Å². The summed E-state index contributed by atoms with van der Waals surface area (Å²) in [6.45, 7) is 2.20. The van der Waals surface area contributed by atoms with E-state index >= 15 is 0 Å². The number of carbonyl (C=O) groups excluding carboxylic acids is 2. The van der Waals surface area contributed by atoms with Crippen LogP contribution in [0.4, 0.5) is 4.39 Å². The number of methoxy groups -OCH3 is 2. The van der Waals surface area contributed by atoms with Gasteiger partial charge in [-0.25, -0.2) is 4.39 Å². The first-order chi connectivity index (χ1) is 15.0. The average Bonchev–Trinajstić information content (AvgIpc) is 3.49. The zero-order valence-corrected chi connectivity index (χ0v) is 17.8. The van der Waals surface area contributed by atoms with E-state index in [0.29, 0.717) is 30.2 Å². The maximum atomic E-state index is 13.4.